The monoisotopic (exact) mass is 202 g/mol. The third-order valence-corrected chi connectivity index (χ3v) is 2.02. The van der Waals surface area contributed by atoms with Gasteiger partial charge in [-0.15, -0.1) is 0 Å². The molecule has 1 aromatic carbocycles. The standard InChI is InChI=1S/C11H13F3/c12-11(13,14)9-5-4-8-10-6-2-1-3-7-10/h1-3,6-7H,4-5,8-9H2. The predicted molar refractivity (Wildman–Crippen MR) is 50.1 cm³/mol. The lowest BCUT2D eigenvalue weighted by atomic mass is 10.1. The van der Waals surface area contributed by atoms with Crippen molar-refractivity contribution < 1.29 is 13.2 Å². The number of benzene rings is 1. The third-order valence-electron chi connectivity index (χ3n) is 2.02. The average molecular weight is 202 g/mol. The zero-order chi connectivity index (χ0) is 10.4. The first-order chi connectivity index (χ1) is 6.58. The lowest BCUT2D eigenvalue weighted by molar-refractivity contribution is -0.135. The van der Waals surface area contributed by atoms with Gasteiger partial charge in [-0.2, -0.15) is 13.2 Å². The molecule has 0 spiro atoms. The molecular formula is C11H13F3. The van der Waals surface area contributed by atoms with E-state index < -0.39 is 12.6 Å². The summed E-state index contributed by atoms with van der Waals surface area (Å²) in [5.41, 5.74) is 1.11. The van der Waals surface area contributed by atoms with Crippen LogP contribution < -0.4 is 0 Å². The van der Waals surface area contributed by atoms with Crippen LogP contribution in [0.1, 0.15) is 24.8 Å². The molecule has 0 amide bonds. The van der Waals surface area contributed by atoms with Crippen LogP contribution in [0.15, 0.2) is 30.3 Å². The lowest BCUT2D eigenvalue weighted by Gasteiger charge is -2.05. The van der Waals surface area contributed by atoms with Crippen molar-refractivity contribution in [1.82, 2.24) is 0 Å². The van der Waals surface area contributed by atoms with Crippen LogP contribution in [-0.2, 0) is 6.42 Å². The Morgan fingerprint density at radius 1 is 0.929 bits per heavy atom. The van der Waals surface area contributed by atoms with E-state index in [-0.39, 0.29) is 6.42 Å². The summed E-state index contributed by atoms with van der Waals surface area (Å²) >= 11 is 0. The van der Waals surface area contributed by atoms with Crippen LogP contribution in [0, 0.1) is 0 Å². The quantitative estimate of drug-likeness (QED) is 0.648. The molecule has 0 fully saturated rings. The molecule has 0 bridgehead atoms. The van der Waals surface area contributed by atoms with Crippen LogP contribution in [0.4, 0.5) is 13.2 Å². The molecule has 0 unspecified atom stereocenters. The Hall–Kier alpha value is -0.990. The Labute approximate surface area is 81.8 Å². The Morgan fingerprint density at radius 2 is 1.57 bits per heavy atom. The van der Waals surface area contributed by atoms with Gasteiger partial charge in [0.05, 0.1) is 0 Å². The van der Waals surface area contributed by atoms with E-state index in [1.165, 1.54) is 0 Å². The van der Waals surface area contributed by atoms with Crippen molar-refractivity contribution in [3.8, 4) is 0 Å². The minimum atomic E-state index is -4.00. The summed E-state index contributed by atoms with van der Waals surface area (Å²) in [5.74, 6) is 0. The average Bonchev–Trinajstić information content (AvgIpc) is 2.13. The molecule has 0 nitrogen and oxygen atoms in total. The molecule has 0 saturated heterocycles. The van der Waals surface area contributed by atoms with Gasteiger partial charge >= 0.3 is 6.18 Å². The van der Waals surface area contributed by atoms with Gasteiger partial charge in [-0.3, -0.25) is 0 Å². The number of alkyl halides is 3. The van der Waals surface area contributed by atoms with E-state index in [1.54, 1.807) is 0 Å². The molecule has 1 aromatic rings. The second kappa shape index (κ2) is 5.03. The maximum Gasteiger partial charge on any atom is 0.389 e. The molecule has 0 aromatic heterocycles. The number of hydrogen-bond acceptors (Lipinski definition) is 0. The molecular weight excluding hydrogens is 189 g/mol. The molecule has 0 atom stereocenters. The van der Waals surface area contributed by atoms with Crippen LogP contribution in [0.2, 0.25) is 0 Å². The van der Waals surface area contributed by atoms with Crippen LogP contribution in [0.5, 0.6) is 0 Å². The highest BCUT2D eigenvalue weighted by Gasteiger charge is 2.25. The van der Waals surface area contributed by atoms with Gasteiger partial charge in [0.1, 0.15) is 0 Å². The van der Waals surface area contributed by atoms with Crippen molar-refractivity contribution in [2.24, 2.45) is 0 Å². The second-order valence-corrected chi connectivity index (χ2v) is 3.31. The minimum Gasteiger partial charge on any atom is -0.171 e. The molecule has 0 aliphatic carbocycles. The fourth-order valence-corrected chi connectivity index (χ4v) is 1.30. The Morgan fingerprint density at radius 3 is 2.14 bits per heavy atom. The van der Waals surface area contributed by atoms with Crippen LogP contribution in [0.25, 0.3) is 0 Å². The Kier molecular flexibility index (Phi) is 3.98. The van der Waals surface area contributed by atoms with Gasteiger partial charge in [-0.1, -0.05) is 30.3 Å². The molecule has 0 radical (unpaired) electrons. The molecule has 3 heteroatoms. The van der Waals surface area contributed by atoms with Crippen molar-refractivity contribution in [2.75, 3.05) is 0 Å². The van der Waals surface area contributed by atoms with E-state index in [0.29, 0.717) is 6.42 Å². The van der Waals surface area contributed by atoms with E-state index in [9.17, 15) is 13.2 Å². The van der Waals surface area contributed by atoms with E-state index in [0.717, 1.165) is 12.0 Å². The first-order valence-corrected chi connectivity index (χ1v) is 4.68. The molecule has 78 valence electrons. The van der Waals surface area contributed by atoms with Gasteiger partial charge in [0, 0.05) is 6.42 Å². The minimum absolute atomic E-state index is 0.221. The van der Waals surface area contributed by atoms with Crippen LogP contribution in [-0.4, -0.2) is 6.18 Å². The largest absolute Gasteiger partial charge is 0.389 e. The van der Waals surface area contributed by atoms with Gasteiger partial charge in [0.15, 0.2) is 0 Å². The Bertz CT molecular complexity index is 251. The normalized spacial score (nSPS) is 11.6. The highest BCUT2D eigenvalue weighted by molar-refractivity contribution is 5.14. The van der Waals surface area contributed by atoms with Crippen LogP contribution in [0.3, 0.4) is 0 Å². The first-order valence-electron chi connectivity index (χ1n) is 4.68. The fraction of sp³-hybridized carbons (Fsp3) is 0.455. The highest BCUT2D eigenvalue weighted by atomic mass is 19.4. The third kappa shape index (κ3) is 4.90. The first kappa shape index (κ1) is 11.1. The molecule has 0 N–H and O–H groups in total. The van der Waals surface area contributed by atoms with E-state index >= 15 is 0 Å². The summed E-state index contributed by atoms with van der Waals surface area (Å²) in [5, 5.41) is 0. The van der Waals surface area contributed by atoms with Crippen molar-refractivity contribution in [1.29, 1.82) is 0 Å². The summed E-state index contributed by atoms with van der Waals surface area (Å²) in [7, 11) is 0. The van der Waals surface area contributed by atoms with E-state index in [4.69, 9.17) is 0 Å². The van der Waals surface area contributed by atoms with Gasteiger partial charge < -0.3 is 0 Å². The maximum atomic E-state index is 11.8. The number of hydrogen-bond donors (Lipinski definition) is 0. The molecule has 0 saturated carbocycles. The van der Waals surface area contributed by atoms with Crippen molar-refractivity contribution in [3.63, 3.8) is 0 Å². The van der Waals surface area contributed by atoms with E-state index in [1.807, 2.05) is 30.3 Å². The molecule has 14 heavy (non-hydrogen) atoms. The lowest BCUT2D eigenvalue weighted by Crippen LogP contribution is -2.06. The topological polar surface area (TPSA) is 0 Å². The van der Waals surface area contributed by atoms with Crippen LogP contribution >= 0.6 is 0 Å². The van der Waals surface area contributed by atoms with Gasteiger partial charge in [0.25, 0.3) is 0 Å². The van der Waals surface area contributed by atoms with Crippen molar-refractivity contribution >= 4 is 0 Å². The molecule has 0 aliphatic heterocycles. The summed E-state index contributed by atoms with van der Waals surface area (Å²) in [6, 6.07) is 9.58. The number of unbranched alkanes of at least 4 members (excludes halogenated alkanes) is 1. The second-order valence-electron chi connectivity index (χ2n) is 3.31. The van der Waals surface area contributed by atoms with Gasteiger partial charge in [0.2, 0.25) is 0 Å². The van der Waals surface area contributed by atoms with Crippen molar-refractivity contribution in [2.45, 2.75) is 31.9 Å². The Balaban J connectivity index is 2.17. The maximum absolute atomic E-state index is 11.8. The summed E-state index contributed by atoms with van der Waals surface area (Å²) < 4.78 is 35.3. The zero-order valence-corrected chi connectivity index (χ0v) is 7.85. The molecule has 0 heterocycles. The summed E-state index contributed by atoms with van der Waals surface area (Å²) in [6.07, 6.45) is -3.12. The molecule has 0 aliphatic rings. The zero-order valence-electron chi connectivity index (χ0n) is 7.85. The summed E-state index contributed by atoms with van der Waals surface area (Å²) in [4.78, 5) is 0. The van der Waals surface area contributed by atoms with Crippen molar-refractivity contribution in [3.05, 3.63) is 35.9 Å². The van der Waals surface area contributed by atoms with E-state index in [2.05, 4.69) is 0 Å². The fourth-order valence-electron chi connectivity index (χ4n) is 1.30. The number of halogens is 3. The predicted octanol–water partition coefficient (Wildman–Crippen LogP) is 3.96. The smallest absolute Gasteiger partial charge is 0.171 e. The number of rotatable bonds is 4. The number of aryl methyl sites for hydroxylation is 1. The van der Waals surface area contributed by atoms with Gasteiger partial charge in [-0.05, 0) is 24.8 Å². The summed E-state index contributed by atoms with van der Waals surface area (Å²) in [6.45, 7) is 0. The SMILES string of the molecule is FC(F)(F)CCCCc1ccccc1. The highest BCUT2D eigenvalue weighted by Crippen LogP contribution is 2.22. The molecule has 1 rings (SSSR count). The van der Waals surface area contributed by atoms with Gasteiger partial charge in [-0.25, -0.2) is 0 Å².